The summed E-state index contributed by atoms with van der Waals surface area (Å²) in [5.41, 5.74) is 0. The normalized spacial score (nSPS) is 10.0. The fourth-order valence-corrected chi connectivity index (χ4v) is 0.874. The number of carbonyl (C=O) groups excluding carboxylic acids is 1. The van der Waals surface area contributed by atoms with Gasteiger partial charge in [0.1, 0.15) is 6.54 Å². The zero-order chi connectivity index (χ0) is 9.72. The highest BCUT2D eigenvalue weighted by Crippen LogP contribution is 2.00. The Kier molecular flexibility index (Phi) is 4.33. The maximum Gasteiger partial charge on any atom is 0.323 e. The topological polar surface area (TPSA) is 57.6 Å². The average Bonchev–Trinajstić information content (AvgIpc) is 1.98. The standard InChI is InChI=1S/C8H15NO3/c1-4-9(5-7(10)11)8(12)6(2)3/h6H,4-5H2,1-3H3,(H,10,11). The predicted octanol–water partition coefficient (Wildman–Crippen LogP) is 0.575. The van der Waals surface area contributed by atoms with E-state index in [-0.39, 0.29) is 18.4 Å². The van der Waals surface area contributed by atoms with Gasteiger partial charge in [-0.15, -0.1) is 0 Å². The number of hydrogen-bond acceptors (Lipinski definition) is 2. The number of aliphatic carboxylic acids is 1. The van der Waals surface area contributed by atoms with Gasteiger partial charge in [-0.25, -0.2) is 0 Å². The number of hydrogen-bond donors (Lipinski definition) is 1. The van der Waals surface area contributed by atoms with Crippen molar-refractivity contribution < 1.29 is 14.7 Å². The van der Waals surface area contributed by atoms with Gasteiger partial charge in [-0.05, 0) is 6.92 Å². The molecule has 4 heteroatoms. The lowest BCUT2D eigenvalue weighted by Crippen LogP contribution is -2.37. The van der Waals surface area contributed by atoms with Crippen molar-refractivity contribution in [1.29, 1.82) is 0 Å². The van der Waals surface area contributed by atoms with Crippen molar-refractivity contribution in [3.8, 4) is 0 Å². The first kappa shape index (κ1) is 10.9. The van der Waals surface area contributed by atoms with Crippen LogP contribution >= 0.6 is 0 Å². The van der Waals surface area contributed by atoms with Gasteiger partial charge >= 0.3 is 5.97 Å². The van der Waals surface area contributed by atoms with Crippen molar-refractivity contribution in [2.45, 2.75) is 20.8 Å². The first-order valence-corrected chi connectivity index (χ1v) is 3.99. The van der Waals surface area contributed by atoms with Crippen LogP contribution in [0.25, 0.3) is 0 Å². The van der Waals surface area contributed by atoms with E-state index >= 15 is 0 Å². The molecule has 1 amide bonds. The Morgan fingerprint density at radius 1 is 1.42 bits per heavy atom. The molecule has 0 rings (SSSR count). The maximum atomic E-state index is 11.3. The molecule has 0 aliphatic heterocycles. The summed E-state index contributed by atoms with van der Waals surface area (Å²) in [5, 5.41) is 8.45. The van der Waals surface area contributed by atoms with Crippen molar-refractivity contribution in [2.75, 3.05) is 13.1 Å². The van der Waals surface area contributed by atoms with E-state index in [0.717, 1.165) is 0 Å². The lowest BCUT2D eigenvalue weighted by molar-refractivity contribution is -0.145. The van der Waals surface area contributed by atoms with Gasteiger partial charge in [-0.3, -0.25) is 9.59 Å². The fraction of sp³-hybridized carbons (Fsp3) is 0.750. The molecule has 0 aromatic carbocycles. The van der Waals surface area contributed by atoms with Crippen LogP contribution < -0.4 is 0 Å². The van der Waals surface area contributed by atoms with Crippen LogP contribution in [-0.2, 0) is 9.59 Å². The third-order valence-electron chi connectivity index (χ3n) is 1.51. The highest BCUT2D eigenvalue weighted by molar-refractivity contribution is 5.82. The minimum atomic E-state index is -0.967. The van der Waals surface area contributed by atoms with Gasteiger partial charge in [0.05, 0.1) is 0 Å². The second kappa shape index (κ2) is 4.74. The fourth-order valence-electron chi connectivity index (χ4n) is 0.874. The van der Waals surface area contributed by atoms with E-state index in [1.165, 1.54) is 4.90 Å². The number of rotatable bonds is 4. The predicted molar refractivity (Wildman–Crippen MR) is 44.7 cm³/mol. The molecule has 0 spiro atoms. The van der Waals surface area contributed by atoms with Crippen LogP contribution in [0.1, 0.15) is 20.8 Å². The Morgan fingerprint density at radius 2 is 1.92 bits per heavy atom. The van der Waals surface area contributed by atoms with E-state index in [0.29, 0.717) is 6.54 Å². The molecule has 0 aromatic heterocycles. The molecule has 0 saturated carbocycles. The van der Waals surface area contributed by atoms with Crippen LogP contribution in [0.4, 0.5) is 0 Å². The molecular weight excluding hydrogens is 158 g/mol. The summed E-state index contributed by atoms with van der Waals surface area (Å²) in [6, 6.07) is 0. The molecule has 0 saturated heterocycles. The number of carboxylic acid groups (broad SMARTS) is 1. The van der Waals surface area contributed by atoms with E-state index in [2.05, 4.69) is 0 Å². The van der Waals surface area contributed by atoms with Gasteiger partial charge in [-0.1, -0.05) is 13.8 Å². The molecule has 0 radical (unpaired) electrons. The highest BCUT2D eigenvalue weighted by atomic mass is 16.4. The Balaban J connectivity index is 4.15. The van der Waals surface area contributed by atoms with E-state index in [1.54, 1.807) is 20.8 Å². The molecule has 1 N–H and O–H groups in total. The SMILES string of the molecule is CCN(CC(=O)O)C(=O)C(C)C. The van der Waals surface area contributed by atoms with Gasteiger partial charge in [0.2, 0.25) is 5.91 Å². The number of amides is 1. The summed E-state index contributed by atoms with van der Waals surface area (Å²) in [6.45, 7) is 5.53. The monoisotopic (exact) mass is 173 g/mol. The summed E-state index contributed by atoms with van der Waals surface area (Å²) in [7, 11) is 0. The quantitative estimate of drug-likeness (QED) is 0.676. The number of nitrogens with zero attached hydrogens (tertiary/aromatic N) is 1. The van der Waals surface area contributed by atoms with Gasteiger partial charge in [0.15, 0.2) is 0 Å². The Labute approximate surface area is 72.2 Å². The largest absolute Gasteiger partial charge is 0.480 e. The van der Waals surface area contributed by atoms with Crippen molar-refractivity contribution in [1.82, 2.24) is 4.90 Å². The molecule has 0 aromatic rings. The van der Waals surface area contributed by atoms with Crippen LogP contribution in [0.15, 0.2) is 0 Å². The molecule has 0 fully saturated rings. The zero-order valence-corrected chi connectivity index (χ0v) is 7.70. The van der Waals surface area contributed by atoms with Crippen LogP contribution in [0.2, 0.25) is 0 Å². The van der Waals surface area contributed by atoms with Gasteiger partial charge in [-0.2, -0.15) is 0 Å². The lowest BCUT2D eigenvalue weighted by Gasteiger charge is -2.20. The van der Waals surface area contributed by atoms with Crippen molar-refractivity contribution >= 4 is 11.9 Å². The molecule has 0 atom stereocenters. The van der Waals surface area contributed by atoms with Crippen LogP contribution in [0.5, 0.6) is 0 Å². The average molecular weight is 173 g/mol. The van der Waals surface area contributed by atoms with Crippen LogP contribution in [0, 0.1) is 5.92 Å². The van der Waals surface area contributed by atoms with E-state index in [4.69, 9.17) is 5.11 Å². The summed E-state index contributed by atoms with van der Waals surface area (Å²) in [5.74, 6) is -1.21. The van der Waals surface area contributed by atoms with Gasteiger partial charge in [0, 0.05) is 12.5 Å². The highest BCUT2D eigenvalue weighted by Gasteiger charge is 2.17. The molecule has 0 unspecified atom stereocenters. The summed E-state index contributed by atoms with van der Waals surface area (Å²) >= 11 is 0. The molecule has 0 bridgehead atoms. The van der Waals surface area contributed by atoms with E-state index in [1.807, 2.05) is 0 Å². The van der Waals surface area contributed by atoms with Crippen LogP contribution in [-0.4, -0.2) is 35.0 Å². The molecule has 12 heavy (non-hydrogen) atoms. The maximum absolute atomic E-state index is 11.3. The molecular formula is C8H15NO3. The Morgan fingerprint density at radius 3 is 2.17 bits per heavy atom. The van der Waals surface area contributed by atoms with Gasteiger partial charge in [0.25, 0.3) is 0 Å². The number of carboxylic acids is 1. The summed E-state index contributed by atoms with van der Waals surface area (Å²) in [4.78, 5) is 22.9. The molecule has 4 nitrogen and oxygen atoms in total. The minimum absolute atomic E-state index is 0.111. The van der Waals surface area contributed by atoms with Crippen molar-refractivity contribution in [3.05, 3.63) is 0 Å². The third-order valence-corrected chi connectivity index (χ3v) is 1.51. The second-order valence-corrected chi connectivity index (χ2v) is 2.90. The zero-order valence-electron chi connectivity index (χ0n) is 7.70. The number of likely N-dealkylation sites (N-methyl/N-ethyl adjacent to an activating group) is 1. The molecule has 0 heterocycles. The molecule has 70 valence electrons. The Hall–Kier alpha value is -1.06. The lowest BCUT2D eigenvalue weighted by atomic mass is 10.2. The second-order valence-electron chi connectivity index (χ2n) is 2.90. The smallest absolute Gasteiger partial charge is 0.323 e. The van der Waals surface area contributed by atoms with Crippen LogP contribution in [0.3, 0.4) is 0 Å². The van der Waals surface area contributed by atoms with E-state index < -0.39 is 5.97 Å². The minimum Gasteiger partial charge on any atom is -0.480 e. The Bertz CT molecular complexity index is 177. The summed E-state index contributed by atoms with van der Waals surface area (Å²) < 4.78 is 0. The van der Waals surface area contributed by atoms with Crippen molar-refractivity contribution in [3.63, 3.8) is 0 Å². The van der Waals surface area contributed by atoms with E-state index in [9.17, 15) is 9.59 Å². The first-order chi connectivity index (χ1) is 5.49. The summed E-state index contributed by atoms with van der Waals surface area (Å²) in [6.07, 6.45) is 0. The first-order valence-electron chi connectivity index (χ1n) is 3.99. The third kappa shape index (κ3) is 3.37. The van der Waals surface area contributed by atoms with Gasteiger partial charge < -0.3 is 10.0 Å². The molecule has 0 aliphatic carbocycles. The molecule has 0 aliphatic rings. The number of carbonyl (C=O) groups is 2. The van der Waals surface area contributed by atoms with Crippen molar-refractivity contribution in [2.24, 2.45) is 5.92 Å².